The zero-order valence-corrected chi connectivity index (χ0v) is 15.5. The van der Waals surface area contributed by atoms with Crippen LogP contribution in [0.4, 0.5) is 5.82 Å². The fourth-order valence-electron chi connectivity index (χ4n) is 2.73. The lowest BCUT2D eigenvalue weighted by Gasteiger charge is -2.01. The van der Waals surface area contributed by atoms with Gasteiger partial charge in [0.15, 0.2) is 17.5 Å². The van der Waals surface area contributed by atoms with Crippen LogP contribution in [0.1, 0.15) is 5.56 Å². The summed E-state index contributed by atoms with van der Waals surface area (Å²) in [4.78, 5) is 4.56. The molecule has 4 rings (SSSR count). The molecule has 4 aromatic rings. The summed E-state index contributed by atoms with van der Waals surface area (Å²) in [5.41, 5.74) is 9.04. The smallest absolute Gasteiger partial charge is 0.181 e. The van der Waals surface area contributed by atoms with E-state index in [1.807, 2.05) is 53.3 Å². The number of aromatic amines is 1. The number of halogens is 1. The van der Waals surface area contributed by atoms with E-state index >= 15 is 0 Å². The van der Waals surface area contributed by atoms with Crippen LogP contribution in [-0.4, -0.2) is 25.0 Å². The molecule has 0 amide bonds. The Balaban J connectivity index is 1.53. The number of hydrogen-bond acceptors (Lipinski definition) is 4. The molecule has 2 heterocycles. The van der Waals surface area contributed by atoms with Crippen LogP contribution in [0.25, 0.3) is 22.8 Å². The SMILES string of the molecule is Nc1nn(CCc2ccccc2)cc1-c1nc(-c2ccc(Br)cc2)n[nH]1. The number of nitrogens with one attached hydrogen (secondary N) is 1. The predicted octanol–water partition coefficient (Wildman–Crippen LogP) is 3.92. The lowest BCUT2D eigenvalue weighted by atomic mass is 10.1. The summed E-state index contributed by atoms with van der Waals surface area (Å²) in [7, 11) is 0. The highest BCUT2D eigenvalue weighted by molar-refractivity contribution is 9.10. The Labute approximate surface area is 159 Å². The normalized spacial score (nSPS) is 11.0. The van der Waals surface area contributed by atoms with Gasteiger partial charge in [-0.15, -0.1) is 0 Å². The van der Waals surface area contributed by atoms with Gasteiger partial charge >= 0.3 is 0 Å². The van der Waals surface area contributed by atoms with Crippen LogP contribution in [0.3, 0.4) is 0 Å². The van der Waals surface area contributed by atoms with Crippen molar-refractivity contribution in [2.75, 3.05) is 5.73 Å². The number of aromatic nitrogens is 5. The molecule has 0 spiro atoms. The molecule has 26 heavy (non-hydrogen) atoms. The summed E-state index contributed by atoms with van der Waals surface area (Å²) < 4.78 is 2.86. The van der Waals surface area contributed by atoms with Crippen molar-refractivity contribution in [3.05, 3.63) is 70.8 Å². The standard InChI is InChI=1S/C19H17BrN6/c20-15-8-6-14(7-9-15)18-22-19(24-23-18)16-12-26(25-17(16)21)11-10-13-4-2-1-3-5-13/h1-9,12H,10-11H2,(H2,21,25)(H,22,23,24). The molecule has 0 saturated carbocycles. The summed E-state index contributed by atoms with van der Waals surface area (Å²) in [6.45, 7) is 0.752. The zero-order valence-electron chi connectivity index (χ0n) is 13.9. The average molecular weight is 409 g/mol. The van der Waals surface area contributed by atoms with Crippen molar-refractivity contribution in [1.82, 2.24) is 25.0 Å². The van der Waals surface area contributed by atoms with Crippen molar-refractivity contribution >= 4 is 21.7 Å². The van der Waals surface area contributed by atoms with Crippen molar-refractivity contribution in [2.45, 2.75) is 13.0 Å². The van der Waals surface area contributed by atoms with Gasteiger partial charge in [0.2, 0.25) is 0 Å². The molecule has 0 aliphatic heterocycles. The number of benzene rings is 2. The topological polar surface area (TPSA) is 85.4 Å². The molecule has 0 unspecified atom stereocenters. The summed E-state index contributed by atoms with van der Waals surface area (Å²) in [6.07, 6.45) is 2.80. The molecule has 0 aliphatic rings. The van der Waals surface area contributed by atoms with Gasteiger partial charge in [0.05, 0.1) is 5.56 Å². The molecule has 130 valence electrons. The fraction of sp³-hybridized carbons (Fsp3) is 0.105. The van der Waals surface area contributed by atoms with E-state index in [1.54, 1.807) is 0 Å². The maximum Gasteiger partial charge on any atom is 0.181 e. The second-order valence-electron chi connectivity index (χ2n) is 5.94. The van der Waals surface area contributed by atoms with Gasteiger partial charge in [-0.25, -0.2) is 4.98 Å². The molecule has 0 saturated heterocycles. The van der Waals surface area contributed by atoms with Gasteiger partial charge in [0, 0.05) is 22.8 Å². The van der Waals surface area contributed by atoms with Crippen molar-refractivity contribution in [3.8, 4) is 22.8 Å². The maximum absolute atomic E-state index is 6.08. The van der Waals surface area contributed by atoms with Crippen molar-refractivity contribution in [3.63, 3.8) is 0 Å². The van der Waals surface area contributed by atoms with Gasteiger partial charge in [0.1, 0.15) is 0 Å². The molecule has 0 atom stereocenters. The molecule has 2 aromatic heterocycles. The number of aryl methyl sites for hydroxylation is 2. The number of anilines is 1. The minimum absolute atomic E-state index is 0.441. The molecule has 0 aliphatic carbocycles. The first kappa shape index (κ1) is 16.5. The predicted molar refractivity (Wildman–Crippen MR) is 105 cm³/mol. The first-order chi connectivity index (χ1) is 12.7. The van der Waals surface area contributed by atoms with Crippen LogP contribution in [0.2, 0.25) is 0 Å². The number of hydrogen-bond donors (Lipinski definition) is 2. The Kier molecular flexibility index (Phi) is 4.53. The van der Waals surface area contributed by atoms with Crippen molar-refractivity contribution < 1.29 is 0 Å². The maximum atomic E-state index is 6.08. The molecule has 3 N–H and O–H groups in total. The summed E-state index contributed by atoms with van der Waals surface area (Å²) in [5, 5.41) is 11.6. The number of rotatable bonds is 5. The molecule has 0 fully saturated rings. The van der Waals surface area contributed by atoms with Crippen LogP contribution >= 0.6 is 15.9 Å². The highest BCUT2D eigenvalue weighted by Crippen LogP contribution is 2.25. The second-order valence-corrected chi connectivity index (χ2v) is 6.86. The molecule has 0 radical (unpaired) electrons. The molecule has 7 heteroatoms. The average Bonchev–Trinajstić information content (AvgIpc) is 3.28. The Morgan fingerprint density at radius 1 is 1.04 bits per heavy atom. The van der Waals surface area contributed by atoms with Crippen LogP contribution < -0.4 is 5.73 Å². The molecular formula is C19H17BrN6. The monoisotopic (exact) mass is 408 g/mol. The Morgan fingerprint density at radius 3 is 2.58 bits per heavy atom. The van der Waals surface area contributed by atoms with E-state index in [0.717, 1.165) is 28.6 Å². The van der Waals surface area contributed by atoms with E-state index in [1.165, 1.54) is 5.56 Å². The van der Waals surface area contributed by atoms with E-state index in [9.17, 15) is 0 Å². The van der Waals surface area contributed by atoms with Gasteiger partial charge in [0.25, 0.3) is 0 Å². The minimum Gasteiger partial charge on any atom is -0.382 e. The highest BCUT2D eigenvalue weighted by atomic mass is 79.9. The van der Waals surface area contributed by atoms with E-state index in [-0.39, 0.29) is 0 Å². The number of H-pyrrole nitrogens is 1. The molecule has 0 bridgehead atoms. The Morgan fingerprint density at radius 2 is 1.81 bits per heavy atom. The van der Waals surface area contributed by atoms with Gasteiger partial charge in [-0.05, 0) is 24.1 Å². The number of nitrogens with two attached hydrogens (primary N) is 1. The second kappa shape index (κ2) is 7.13. The summed E-state index contributed by atoms with van der Waals surface area (Å²) in [6, 6.07) is 18.1. The van der Waals surface area contributed by atoms with E-state index in [2.05, 4.69) is 48.3 Å². The quantitative estimate of drug-likeness (QED) is 0.523. The van der Waals surface area contributed by atoms with Gasteiger partial charge < -0.3 is 5.73 Å². The Hall–Kier alpha value is -2.93. The minimum atomic E-state index is 0.441. The zero-order chi connectivity index (χ0) is 17.9. The highest BCUT2D eigenvalue weighted by Gasteiger charge is 2.14. The van der Waals surface area contributed by atoms with Crippen LogP contribution in [0.15, 0.2) is 65.3 Å². The first-order valence-electron chi connectivity index (χ1n) is 8.24. The van der Waals surface area contributed by atoms with E-state index in [4.69, 9.17) is 5.73 Å². The van der Waals surface area contributed by atoms with E-state index in [0.29, 0.717) is 17.5 Å². The molecule has 2 aromatic carbocycles. The van der Waals surface area contributed by atoms with Gasteiger partial charge in [-0.1, -0.05) is 58.4 Å². The lowest BCUT2D eigenvalue weighted by molar-refractivity contribution is 0.617. The lowest BCUT2D eigenvalue weighted by Crippen LogP contribution is -2.02. The number of nitrogens with zero attached hydrogens (tertiary/aromatic N) is 4. The molecule has 6 nitrogen and oxygen atoms in total. The van der Waals surface area contributed by atoms with Gasteiger partial charge in [-0.3, -0.25) is 9.78 Å². The summed E-state index contributed by atoms with van der Waals surface area (Å²) >= 11 is 3.43. The summed E-state index contributed by atoms with van der Waals surface area (Å²) in [5.74, 6) is 1.69. The van der Waals surface area contributed by atoms with Crippen LogP contribution in [0.5, 0.6) is 0 Å². The number of nitrogen functional groups attached to an aromatic ring is 1. The fourth-order valence-corrected chi connectivity index (χ4v) is 3.00. The van der Waals surface area contributed by atoms with Crippen molar-refractivity contribution in [1.29, 1.82) is 0 Å². The third kappa shape index (κ3) is 3.52. The first-order valence-corrected chi connectivity index (χ1v) is 9.04. The molecular weight excluding hydrogens is 392 g/mol. The third-order valence-electron chi connectivity index (χ3n) is 4.11. The third-order valence-corrected chi connectivity index (χ3v) is 4.63. The van der Waals surface area contributed by atoms with Crippen LogP contribution in [0, 0.1) is 0 Å². The van der Waals surface area contributed by atoms with Crippen LogP contribution in [-0.2, 0) is 13.0 Å². The van der Waals surface area contributed by atoms with Gasteiger partial charge in [-0.2, -0.15) is 10.2 Å². The largest absolute Gasteiger partial charge is 0.382 e. The van der Waals surface area contributed by atoms with E-state index < -0.39 is 0 Å². The van der Waals surface area contributed by atoms with Crippen molar-refractivity contribution in [2.24, 2.45) is 0 Å². The Bertz CT molecular complexity index is 1000.